The summed E-state index contributed by atoms with van der Waals surface area (Å²) in [6.45, 7) is 1.92. The van der Waals surface area contributed by atoms with Crippen molar-refractivity contribution < 1.29 is 22.3 Å². The highest BCUT2D eigenvalue weighted by Gasteiger charge is 2.38. The van der Waals surface area contributed by atoms with Crippen molar-refractivity contribution in [1.29, 1.82) is 0 Å². The Morgan fingerprint density at radius 1 is 1.29 bits per heavy atom. The number of hydrogen-bond donors (Lipinski definition) is 0. The molecular formula is C17H14ClF3N4O2S. The predicted octanol–water partition coefficient (Wildman–Crippen LogP) is 5.12. The molecule has 148 valence electrons. The number of furan rings is 1. The Morgan fingerprint density at radius 3 is 2.82 bits per heavy atom. The first kappa shape index (κ1) is 20.3. The van der Waals surface area contributed by atoms with Gasteiger partial charge in [-0.05, 0) is 36.1 Å². The molecule has 3 aromatic rings. The number of ether oxygens (including phenoxy) is 1. The highest BCUT2D eigenvalue weighted by Crippen LogP contribution is 2.30. The molecule has 2 heterocycles. The van der Waals surface area contributed by atoms with Crippen LogP contribution in [0.1, 0.15) is 24.3 Å². The van der Waals surface area contributed by atoms with E-state index in [1.165, 1.54) is 6.21 Å². The standard InChI is InChI=1S/C17H14ClF3N4O2S/c1-2-28-16-24-23-15(17(19,20)21)25(16)22-9-13-6-7-14(27-13)10-26-12-5-3-4-11(18)8-12/h3-9H,2,10H2,1H3. The monoisotopic (exact) mass is 430 g/mol. The predicted molar refractivity (Wildman–Crippen MR) is 98.9 cm³/mol. The number of hydrogen-bond acceptors (Lipinski definition) is 6. The minimum atomic E-state index is -4.67. The van der Waals surface area contributed by atoms with Crippen LogP contribution in [0.2, 0.25) is 5.02 Å². The molecule has 2 aromatic heterocycles. The van der Waals surface area contributed by atoms with Gasteiger partial charge < -0.3 is 9.15 Å². The van der Waals surface area contributed by atoms with Crippen molar-refractivity contribution >= 4 is 29.6 Å². The number of rotatable bonds is 7. The van der Waals surface area contributed by atoms with E-state index in [0.29, 0.717) is 27.0 Å². The molecule has 0 aliphatic rings. The second-order valence-corrected chi connectivity index (χ2v) is 7.01. The van der Waals surface area contributed by atoms with Crippen LogP contribution < -0.4 is 4.74 Å². The van der Waals surface area contributed by atoms with Crippen molar-refractivity contribution in [3.8, 4) is 5.75 Å². The normalized spacial score (nSPS) is 12.0. The summed E-state index contributed by atoms with van der Waals surface area (Å²) in [7, 11) is 0. The first-order chi connectivity index (χ1) is 13.4. The second kappa shape index (κ2) is 8.70. The van der Waals surface area contributed by atoms with E-state index in [4.69, 9.17) is 20.8 Å². The molecule has 0 atom stereocenters. The lowest BCUT2D eigenvalue weighted by Crippen LogP contribution is -2.13. The second-order valence-electron chi connectivity index (χ2n) is 5.34. The molecule has 0 saturated heterocycles. The summed E-state index contributed by atoms with van der Waals surface area (Å²) in [5, 5.41) is 11.2. The molecule has 0 aliphatic heterocycles. The van der Waals surface area contributed by atoms with Crippen LogP contribution in [0.25, 0.3) is 0 Å². The summed E-state index contributed by atoms with van der Waals surface area (Å²) >= 11 is 6.99. The molecule has 0 N–H and O–H groups in total. The Bertz CT molecular complexity index is 971. The summed E-state index contributed by atoms with van der Waals surface area (Å²) in [4.78, 5) is 0. The summed E-state index contributed by atoms with van der Waals surface area (Å²) in [6.07, 6.45) is -3.50. The van der Waals surface area contributed by atoms with Crippen molar-refractivity contribution in [1.82, 2.24) is 14.9 Å². The van der Waals surface area contributed by atoms with Crippen molar-refractivity contribution in [2.24, 2.45) is 5.10 Å². The number of nitrogens with zero attached hydrogens (tertiary/aromatic N) is 4. The largest absolute Gasteiger partial charge is 0.486 e. The van der Waals surface area contributed by atoms with Gasteiger partial charge in [-0.3, -0.25) is 0 Å². The summed E-state index contributed by atoms with van der Waals surface area (Å²) in [5.74, 6) is 0.635. The summed E-state index contributed by atoms with van der Waals surface area (Å²) < 4.78 is 50.9. The molecule has 0 fully saturated rings. The molecule has 0 unspecified atom stereocenters. The van der Waals surface area contributed by atoms with Crippen molar-refractivity contribution in [3.05, 3.63) is 58.8 Å². The third-order valence-corrected chi connectivity index (χ3v) is 4.34. The van der Waals surface area contributed by atoms with Gasteiger partial charge in [0.05, 0.1) is 6.21 Å². The number of benzene rings is 1. The SMILES string of the molecule is CCSc1nnc(C(F)(F)F)n1N=Cc1ccc(COc2cccc(Cl)c2)o1. The van der Waals surface area contributed by atoms with Gasteiger partial charge in [-0.15, -0.1) is 10.2 Å². The molecule has 3 rings (SSSR count). The van der Waals surface area contributed by atoms with Gasteiger partial charge in [-0.25, -0.2) is 0 Å². The number of aromatic nitrogens is 3. The molecule has 0 saturated carbocycles. The van der Waals surface area contributed by atoms with Gasteiger partial charge in [0.1, 0.15) is 23.9 Å². The zero-order valence-corrected chi connectivity index (χ0v) is 16.1. The van der Waals surface area contributed by atoms with E-state index < -0.39 is 12.0 Å². The number of thioether (sulfide) groups is 1. The maximum atomic E-state index is 13.1. The third-order valence-electron chi connectivity index (χ3n) is 3.30. The lowest BCUT2D eigenvalue weighted by atomic mass is 10.3. The molecule has 6 nitrogen and oxygen atoms in total. The highest BCUT2D eigenvalue weighted by molar-refractivity contribution is 7.99. The van der Waals surface area contributed by atoms with E-state index in [2.05, 4.69) is 15.3 Å². The topological polar surface area (TPSA) is 65.4 Å². The van der Waals surface area contributed by atoms with Crippen molar-refractivity contribution in [2.75, 3.05) is 5.75 Å². The van der Waals surface area contributed by atoms with E-state index in [9.17, 15) is 13.2 Å². The molecule has 1 aromatic carbocycles. The van der Waals surface area contributed by atoms with Gasteiger partial charge in [0.15, 0.2) is 0 Å². The molecule has 0 spiro atoms. The molecule has 0 aliphatic carbocycles. The maximum absolute atomic E-state index is 13.1. The molecular weight excluding hydrogens is 417 g/mol. The fourth-order valence-corrected chi connectivity index (χ4v) is 2.93. The van der Waals surface area contributed by atoms with E-state index in [-0.39, 0.29) is 17.5 Å². The number of alkyl halides is 3. The Kier molecular flexibility index (Phi) is 6.30. The van der Waals surface area contributed by atoms with Crippen LogP contribution >= 0.6 is 23.4 Å². The lowest BCUT2D eigenvalue weighted by molar-refractivity contribution is -0.147. The van der Waals surface area contributed by atoms with Gasteiger partial charge >= 0.3 is 6.18 Å². The smallest absolute Gasteiger partial charge is 0.453 e. The van der Waals surface area contributed by atoms with Crippen LogP contribution in [0.4, 0.5) is 13.2 Å². The Balaban J connectivity index is 1.72. The quantitative estimate of drug-likeness (QED) is 0.384. The Hall–Kier alpha value is -2.46. The van der Waals surface area contributed by atoms with Crippen LogP contribution in [0, 0.1) is 0 Å². The average molecular weight is 431 g/mol. The maximum Gasteiger partial charge on any atom is 0.453 e. The molecule has 0 amide bonds. The Morgan fingerprint density at radius 2 is 2.11 bits per heavy atom. The number of halogens is 4. The van der Waals surface area contributed by atoms with Gasteiger partial charge in [0, 0.05) is 5.02 Å². The van der Waals surface area contributed by atoms with Gasteiger partial charge in [-0.2, -0.15) is 22.9 Å². The summed E-state index contributed by atoms with van der Waals surface area (Å²) in [5.41, 5.74) is 0. The van der Waals surface area contributed by atoms with Crippen molar-refractivity contribution in [3.63, 3.8) is 0 Å². The zero-order valence-electron chi connectivity index (χ0n) is 14.5. The minimum absolute atomic E-state index is 0.0437. The van der Waals surface area contributed by atoms with E-state index in [1.807, 2.05) is 0 Å². The molecule has 11 heteroatoms. The minimum Gasteiger partial charge on any atom is -0.486 e. The van der Waals surface area contributed by atoms with Crippen molar-refractivity contribution in [2.45, 2.75) is 24.9 Å². The first-order valence-electron chi connectivity index (χ1n) is 8.03. The van der Waals surface area contributed by atoms with Gasteiger partial charge in [0.2, 0.25) is 5.16 Å². The summed E-state index contributed by atoms with van der Waals surface area (Å²) in [6, 6.07) is 10.1. The van der Waals surface area contributed by atoms with Crippen LogP contribution in [-0.2, 0) is 12.8 Å². The average Bonchev–Trinajstić information content (AvgIpc) is 3.25. The Labute approximate surface area is 167 Å². The van der Waals surface area contributed by atoms with Crippen LogP contribution in [0.3, 0.4) is 0 Å². The zero-order chi connectivity index (χ0) is 20.1. The fraction of sp³-hybridized carbons (Fsp3) is 0.235. The highest BCUT2D eigenvalue weighted by atomic mass is 35.5. The van der Waals surface area contributed by atoms with E-state index in [1.54, 1.807) is 43.3 Å². The van der Waals surface area contributed by atoms with Crippen LogP contribution in [0.15, 0.2) is 51.1 Å². The molecule has 0 bridgehead atoms. The fourth-order valence-electron chi connectivity index (χ4n) is 2.13. The van der Waals surface area contributed by atoms with Gasteiger partial charge in [0.25, 0.3) is 5.82 Å². The van der Waals surface area contributed by atoms with E-state index in [0.717, 1.165) is 11.8 Å². The van der Waals surface area contributed by atoms with E-state index >= 15 is 0 Å². The van der Waals surface area contributed by atoms with Crippen LogP contribution in [-0.4, -0.2) is 26.8 Å². The van der Waals surface area contributed by atoms with Crippen LogP contribution in [0.5, 0.6) is 5.75 Å². The third kappa shape index (κ3) is 5.08. The molecule has 28 heavy (non-hydrogen) atoms. The van der Waals surface area contributed by atoms with Gasteiger partial charge in [-0.1, -0.05) is 36.4 Å². The molecule has 0 radical (unpaired) electrons. The first-order valence-corrected chi connectivity index (χ1v) is 9.40. The lowest BCUT2D eigenvalue weighted by Gasteiger charge is -2.05.